The first-order valence-electron chi connectivity index (χ1n) is 10.1. The van der Waals surface area contributed by atoms with Crippen molar-refractivity contribution in [3.05, 3.63) is 35.9 Å². The number of allylic oxidation sites excluding steroid dienone is 1. The van der Waals surface area contributed by atoms with Crippen LogP contribution in [0.2, 0.25) is 0 Å². The summed E-state index contributed by atoms with van der Waals surface area (Å²) in [5.41, 5.74) is 1.85. The van der Waals surface area contributed by atoms with Crippen LogP contribution in [0.15, 0.2) is 35.9 Å². The molecule has 27 heavy (non-hydrogen) atoms. The lowest BCUT2D eigenvalue weighted by Gasteiger charge is -2.56. The third-order valence-electron chi connectivity index (χ3n) is 6.48. The number of nitrogens with one attached hydrogen (secondary N) is 1. The number of para-hydroxylation sites is 2. The fraction of sp³-hybridized carbons (Fsp3) is 0.636. The third kappa shape index (κ3) is 4.00. The number of hydrogen-bond acceptors (Lipinski definition) is 5. The van der Waals surface area contributed by atoms with Crippen molar-refractivity contribution in [1.29, 1.82) is 0 Å². The topological polar surface area (TPSA) is 60.0 Å². The molecule has 0 spiro atoms. The lowest BCUT2D eigenvalue weighted by Crippen LogP contribution is -2.48. The smallest absolute Gasteiger partial charge is 0.161 e. The Hall–Kier alpha value is -1.56. The lowest BCUT2D eigenvalue weighted by molar-refractivity contribution is -0.0237. The highest BCUT2D eigenvalue weighted by Gasteiger charge is 2.50. The van der Waals surface area contributed by atoms with Gasteiger partial charge in [-0.2, -0.15) is 0 Å². The Morgan fingerprint density at radius 1 is 1.30 bits per heavy atom. The average molecular weight is 373 g/mol. The Bertz CT molecular complexity index is 687. The van der Waals surface area contributed by atoms with Crippen molar-refractivity contribution in [1.82, 2.24) is 5.32 Å². The maximum atomic E-state index is 10.2. The Kier molecular flexibility index (Phi) is 5.44. The van der Waals surface area contributed by atoms with Gasteiger partial charge >= 0.3 is 0 Å². The van der Waals surface area contributed by atoms with Crippen LogP contribution in [0.4, 0.5) is 0 Å². The van der Waals surface area contributed by atoms with E-state index in [9.17, 15) is 5.11 Å². The molecule has 2 bridgehead atoms. The van der Waals surface area contributed by atoms with E-state index in [0.29, 0.717) is 44.2 Å². The molecule has 1 aliphatic heterocycles. The molecule has 4 aliphatic rings. The van der Waals surface area contributed by atoms with Gasteiger partial charge < -0.3 is 24.6 Å². The Morgan fingerprint density at radius 2 is 2.11 bits per heavy atom. The zero-order valence-corrected chi connectivity index (χ0v) is 16.3. The monoisotopic (exact) mass is 373 g/mol. The van der Waals surface area contributed by atoms with Crippen LogP contribution >= 0.6 is 0 Å². The molecule has 1 saturated carbocycles. The molecule has 0 amide bonds. The van der Waals surface area contributed by atoms with Gasteiger partial charge in [-0.25, -0.2) is 0 Å². The van der Waals surface area contributed by atoms with Crippen LogP contribution in [0.3, 0.4) is 0 Å². The van der Waals surface area contributed by atoms with Gasteiger partial charge in [0.1, 0.15) is 12.7 Å². The molecule has 1 aromatic rings. The maximum absolute atomic E-state index is 10.2. The zero-order valence-electron chi connectivity index (χ0n) is 16.3. The second-order valence-corrected chi connectivity index (χ2v) is 8.65. The number of fused-ring (bicyclic) bond motifs is 2. The van der Waals surface area contributed by atoms with Crippen LogP contribution in [-0.4, -0.2) is 50.2 Å². The van der Waals surface area contributed by atoms with E-state index in [0.717, 1.165) is 17.4 Å². The van der Waals surface area contributed by atoms with E-state index >= 15 is 0 Å². The summed E-state index contributed by atoms with van der Waals surface area (Å²) in [6, 6.07) is 7.69. The van der Waals surface area contributed by atoms with Crippen molar-refractivity contribution in [3.63, 3.8) is 0 Å². The standard InChI is InChI=1S/C22H31NO4/c1-22(2)16-8-7-15(19(22)9-16)12-25-13-17(24)10-23-11-18-14-26-20-5-3-4-6-21(20)27-18/h3-7,16-19,23-24H,8-14H2,1-2H3/t16-,17+,18+,19+/m0/s1. The molecule has 2 N–H and O–H groups in total. The minimum atomic E-state index is -0.520. The highest BCUT2D eigenvalue weighted by atomic mass is 16.6. The largest absolute Gasteiger partial charge is 0.486 e. The Labute approximate surface area is 161 Å². The molecular formula is C22H31NO4. The molecule has 0 unspecified atom stereocenters. The summed E-state index contributed by atoms with van der Waals surface area (Å²) in [6.07, 6.45) is 4.27. The van der Waals surface area contributed by atoms with Crippen LogP contribution < -0.4 is 14.8 Å². The summed E-state index contributed by atoms with van der Waals surface area (Å²) in [4.78, 5) is 0. The molecule has 5 nitrogen and oxygen atoms in total. The average Bonchev–Trinajstić information content (AvgIpc) is 2.68. The second kappa shape index (κ2) is 7.82. The van der Waals surface area contributed by atoms with E-state index in [4.69, 9.17) is 14.2 Å². The highest BCUT2D eigenvalue weighted by Crippen LogP contribution is 2.59. The Balaban J connectivity index is 1.12. The quantitative estimate of drug-likeness (QED) is 0.686. The van der Waals surface area contributed by atoms with Gasteiger partial charge in [-0.3, -0.25) is 0 Å². The summed E-state index contributed by atoms with van der Waals surface area (Å²) >= 11 is 0. The molecule has 4 atom stereocenters. The van der Waals surface area contributed by atoms with Gasteiger partial charge in [-0.15, -0.1) is 0 Å². The van der Waals surface area contributed by atoms with Gasteiger partial charge in [0.2, 0.25) is 0 Å². The van der Waals surface area contributed by atoms with Crippen LogP contribution in [0, 0.1) is 17.3 Å². The minimum absolute atomic E-state index is 0.0470. The molecule has 0 aromatic heterocycles. The molecule has 5 rings (SSSR count). The predicted molar refractivity (Wildman–Crippen MR) is 104 cm³/mol. The van der Waals surface area contributed by atoms with E-state index < -0.39 is 6.10 Å². The molecule has 0 radical (unpaired) electrons. The molecule has 1 heterocycles. The van der Waals surface area contributed by atoms with Crippen molar-refractivity contribution < 1.29 is 19.3 Å². The number of ether oxygens (including phenoxy) is 3. The van der Waals surface area contributed by atoms with Gasteiger partial charge in [0.25, 0.3) is 0 Å². The number of aliphatic hydroxyl groups excluding tert-OH is 1. The summed E-state index contributed by atoms with van der Waals surface area (Å²) < 4.78 is 17.4. The lowest BCUT2D eigenvalue weighted by atomic mass is 9.49. The van der Waals surface area contributed by atoms with Crippen LogP contribution in [0.25, 0.3) is 0 Å². The third-order valence-corrected chi connectivity index (χ3v) is 6.48. The van der Waals surface area contributed by atoms with Crippen molar-refractivity contribution in [2.24, 2.45) is 17.3 Å². The second-order valence-electron chi connectivity index (χ2n) is 8.65. The predicted octanol–water partition coefficient (Wildman–Crippen LogP) is 2.79. The van der Waals surface area contributed by atoms with Gasteiger partial charge in [0.05, 0.1) is 19.3 Å². The highest BCUT2D eigenvalue weighted by molar-refractivity contribution is 5.40. The summed E-state index contributed by atoms with van der Waals surface area (Å²) in [5, 5.41) is 13.4. The summed E-state index contributed by atoms with van der Waals surface area (Å²) in [5.74, 6) is 3.08. The first kappa shape index (κ1) is 18.8. The molecule has 1 aromatic carbocycles. The number of benzene rings is 1. The van der Waals surface area contributed by atoms with Crippen molar-refractivity contribution in [2.45, 2.75) is 38.9 Å². The van der Waals surface area contributed by atoms with Crippen LogP contribution in [0.5, 0.6) is 11.5 Å². The van der Waals surface area contributed by atoms with Crippen LogP contribution in [0.1, 0.15) is 26.7 Å². The number of aliphatic hydroxyl groups is 1. The van der Waals surface area contributed by atoms with E-state index in [-0.39, 0.29) is 6.10 Å². The molecule has 1 fully saturated rings. The molecule has 148 valence electrons. The summed E-state index contributed by atoms with van der Waals surface area (Å²) in [6.45, 7) is 7.37. The van der Waals surface area contributed by atoms with E-state index in [1.54, 1.807) is 0 Å². The van der Waals surface area contributed by atoms with Crippen molar-refractivity contribution in [3.8, 4) is 11.5 Å². The van der Waals surface area contributed by atoms with E-state index in [1.807, 2.05) is 24.3 Å². The normalized spacial score (nSPS) is 28.9. The number of rotatable bonds is 8. The van der Waals surface area contributed by atoms with E-state index in [2.05, 4.69) is 25.2 Å². The first-order valence-corrected chi connectivity index (χ1v) is 10.1. The van der Waals surface area contributed by atoms with Gasteiger partial charge in [0, 0.05) is 13.1 Å². The van der Waals surface area contributed by atoms with Crippen molar-refractivity contribution >= 4 is 0 Å². The van der Waals surface area contributed by atoms with Crippen molar-refractivity contribution in [2.75, 3.05) is 32.9 Å². The van der Waals surface area contributed by atoms with E-state index in [1.165, 1.54) is 18.4 Å². The molecule has 5 heteroatoms. The maximum Gasteiger partial charge on any atom is 0.161 e. The number of hydrogen-bond donors (Lipinski definition) is 2. The minimum Gasteiger partial charge on any atom is -0.486 e. The first-order chi connectivity index (χ1) is 13.0. The van der Waals surface area contributed by atoms with Crippen LogP contribution in [-0.2, 0) is 4.74 Å². The zero-order chi connectivity index (χ0) is 18.9. The Morgan fingerprint density at radius 3 is 2.89 bits per heavy atom. The molecular weight excluding hydrogens is 342 g/mol. The summed E-state index contributed by atoms with van der Waals surface area (Å²) in [7, 11) is 0. The SMILES string of the molecule is CC1(C)[C@H]2CC=C(COC[C@H](O)CNC[C@@H]3COc4ccccc4O3)[C@H]1C2. The fourth-order valence-corrected chi connectivity index (χ4v) is 4.59. The molecule has 3 aliphatic carbocycles. The fourth-order valence-electron chi connectivity index (χ4n) is 4.59. The van der Waals surface area contributed by atoms with Gasteiger partial charge in [0.15, 0.2) is 11.5 Å². The van der Waals surface area contributed by atoms with Gasteiger partial charge in [-0.1, -0.05) is 32.1 Å². The van der Waals surface area contributed by atoms with Gasteiger partial charge in [-0.05, 0) is 47.8 Å². The molecule has 0 saturated heterocycles.